The minimum atomic E-state index is -0.248. The molecule has 1 unspecified atom stereocenters. The van der Waals surface area contributed by atoms with E-state index in [1.54, 1.807) is 16.7 Å². The summed E-state index contributed by atoms with van der Waals surface area (Å²) in [5.74, 6) is 1.19. The first-order valence-corrected chi connectivity index (χ1v) is 16.6. The minimum absolute atomic E-state index is 0.0368. The number of esters is 1. The minimum Gasteiger partial charge on any atom is -0.466 e. The Hall–Kier alpha value is -3.69. The standard InChI is InChI=1S/C35H43N5O3S/c1-4-43-34(42)31-16-10-18-40(24-31)33(41)30-15-8-13-29(23-30)25-44-35-36-27(3)26(2)32(37-35)39-21-19-38(20-22-39)17-9-14-28-11-6-5-7-12-28/h5-9,11-15,23,31H,4,10,16-22,24-25H2,1-3H3/b14-9+. The molecule has 1 atom stereocenters. The van der Waals surface area contributed by atoms with Crippen molar-refractivity contribution in [3.63, 3.8) is 0 Å². The van der Waals surface area contributed by atoms with Crippen LogP contribution in [0.15, 0.2) is 65.8 Å². The van der Waals surface area contributed by atoms with Gasteiger partial charge in [0.05, 0.1) is 12.5 Å². The van der Waals surface area contributed by atoms with Crippen molar-refractivity contribution < 1.29 is 14.3 Å². The Kier molecular flexibility index (Phi) is 11.1. The second kappa shape index (κ2) is 15.3. The van der Waals surface area contributed by atoms with Crippen molar-refractivity contribution in [2.75, 3.05) is 57.3 Å². The highest BCUT2D eigenvalue weighted by atomic mass is 32.2. The van der Waals surface area contributed by atoms with Crippen LogP contribution in [0, 0.1) is 19.8 Å². The number of amides is 1. The Labute approximate surface area is 265 Å². The maximum Gasteiger partial charge on any atom is 0.310 e. The number of ether oxygens (including phenoxy) is 1. The van der Waals surface area contributed by atoms with Gasteiger partial charge in [-0.05, 0) is 56.9 Å². The van der Waals surface area contributed by atoms with Crippen molar-refractivity contribution in [1.82, 2.24) is 19.8 Å². The lowest BCUT2D eigenvalue weighted by Crippen LogP contribution is -2.47. The number of carbonyl (C=O) groups is 2. The Bertz CT molecular complexity index is 1460. The molecule has 232 valence electrons. The van der Waals surface area contributed by atoms with Gasteiger partial charge in [-0.25, -0.2) is 9.97 Å². The fourth-order valence-corrected chi connectivity index (χ4v) is 6.57. The molecule has 2 aliphatic heterocycles. The summed E-state index contributed by atoms with van der Waals surface area (Å²) in [7, 11) is 0. The molecule has 8 nitrogen and oxygen atoms in total. The SMILES string of the molecule is CCOC(=O)C1CCCN(C(=O)c2cccc(CSc3nc(C)c(C)c(N4CCN(C/C=C/c5ccccc5)CC4)n3)c2)C1. The van der Waals surface area contributed by atoms with Crippen LogP contribution >= 0.6 is 11.8 Å². The molecule has 0 N–H and O–H groups in total. The van der Waals surface area contributed by atoms with Crippen LogP contribution < -0.4 is 4.90 Å². The van der Waals surface area contributed by atoms with E-state index in [1.165, 1.54) is 5.56 Å². The molecule has 1 amide bonds. The van der Waals surface area contributed by atoms with E-state index in [2.05, 4.69) is 60.1 Å². The van der Waals surface area contributed by atoms with Crippen molar-refractivity contribution in [2.45, 2.75) is 44.5 Å². The summed E-state index contributed by atoms with van der Waals surface area (Å²) in [4.78, 5) is 42.0. The van der Waals surface area contributed by atoms with E-state index in [9.17, 15) is 9.59 Å². The van der Waals surface area contributed by atoms with E-state index in [1.807, 2.05) is 37.3 Å². The molecule has 9 heteroatoms. The number of likely N-dealkylation sites (tertiary alicyclic amines) is 1. The molecule has 0 bridgehead atoms. The first kappa shape index (κ1) is 31.7. The number of aromatic nitrogens is 2. The number of rotatable bonds is 10. The van der Waals surface area contributed by atoms with Gasteiger partial charge < -0.3 is 14.5 Å². The first-order chi connectivity index (χ1) is 21.4. The third-order valence-corrected chi connectivity index (χ3v) is 9.28. The molecule has 44 heavy (non-hydrogen) atoms. The van der Waals surface area contributed by atoms with Gasteiger partial charge in [0.15, 0.2) is 5.16 Å². The Morgan fingerprint density at radius 1 is 1.00 bits per heavy atom. The molecule has 0 spiro atoms. The van der Waals surface area contributed by atoms with Gasteiger partial charge in [-0.15, -0.1) is 0 Å². The van der Waals surface area contributed by atoms with Crippen molar-refractivity contribution in [3.8, 4) is 0 Å². The molecule has 2 aliphatic rings. The number of hydrogen-bond acceptors (Lipinski definition) is 8. The summed E-state index contributed by atoms with van der Waals surface area (Å²) < 4.78 is 5.20. The van der Waals surface area contributed by atoms with Gasteiger partial charge in [-0.2, -0.15) is 0 Å². The highest BCUT2D eigenvalue weighted by Gasteiger charge is 2.30. The van der Waals surface area contributed by atoms with Crippen LogP contribution in [0.25, 0.3) is 6.08 Å². The van der Waals surface area contributed by atoms with E-state index >= 15 is 0 Å². The molecule has 3 aromatic rings. The normalized spacial score (nSPS) is 17.7. The van der Waals surface area contributed by atoms with Crippen LogP contribution in [-0.2, 0) is 15.3 Å². The number of nitrogens with zero attached hydrogens (tertiary/aromatic N) is 5. The van der Waals surface area contributed by atoms with Gasteiger partial charge in [-0.1, -0.05) is 66.4 Å². The fraction of sp³-hybridized carbons (Fsp3) is 0.429. The van der Waals surface area contributed by atoms with E-state index in [4.69, 9.17) is 14.7 Å². The van der Waals surface area contributed by atoms with Crippen LogP contribution in [0.2, 0.25) is 0 Å². The van der Waals surface area contributed by atoms with Crippen molar-refractivity contribution in [2.24, 2.45) is 5.92 Å². The molecule has 0 aliphatic carbocycles. The number of piperazine rings is 1. The first-order valence-electron chi connectivity index (χ1n) is 15.6. The van der Waals surface area contributed by atoms with Gasteiger partial charge in [-0.3, -0.25) is 14.5 Å². The lowest BCUT2D eigenvalue weighted by molar-refractivity contribution is -0.149. The average molecular weight is 614 g/mol. The molecule has 0 saturated carbocycles. The lowest BCUT2D eigenvalue weighted by Gasteiger charge is -2.35. The van der Waals surface area contributed by atoms with Gasteiger partial charge >= 0.3 is 5.97 Å². The third-order valence-electron chi connectivity index (χ3n) is 8.36. The molecule has 3 heterocycles. The van der Waals surface area contributed by atoms with Gasteiger partial charge in [0, 0.05) is 68.4 Å². The zero-order valence-electron chi connectivity index (χ0n) is 26.1. The predicted molar refractivity (Wildman–Crippen MR) is 177 cm³/mol. The maximum atomic E-state index is 13.3. The monoisotopic (exact) mass is 613 g/mol. The van der Waals surface area contributed by atoms with Crippen LogP contribution in [0.5, 0.6) is 0 Å². The topological polar surface area (TPSA) is 78.9 Å². The largest absolute Gasteiger partial charge is 0.466 e. The number of carbonyl (C=O) groups excluding carboxylic acids is 2. The third kappa shape index (κ3) is 8.27. The lowest BCUT2D eigenvalue weighted by atomic mass is 9.97. The summed E-state index contributed by atoms with van der Waals surface area (Å²) in [6, 6.07) is 18.2. The summed E-state index contributed by atoms with van der Waals surface area (Å²) in [5, 5.41) is 0.751. The molecule has 2 saturated heterocycles. The molecule has 0 radical (unpaired) electrons. The molecule has 1 aromatic heterocycles. The van der Waals surface area contributed by atoms with E-state index in [0.717, 1.165) is 73.4 Å². The molecule has 5 rings (SSSR count). The quantitative estimate of drug-likeness (QED) is 0.165. The van der Waals surface area contributed by atoms with Gasteiger partial charge in [0.1, 0.15) is 5.82 Å². The van der Waals surface area contributed by atoms with Crippen molar-refractivity contribution >= 4 is 35.5 Å². The maximum absolute atomic E-state index is 13.3. The Morgan fingerprint density at radius 2 is 1.80 bits per heavy atom. The van der Waals surface area contributed by atoms with Crippen LogP contribution in [0.4, 0.5) is 5.82 Å². The summed E-state index contributed by atoms with van der Waals surface area (Å²) in [5.41, 5.74) is 5.04. The fourth-order valence-electron chi connectivity index (χ4n) is 5.74. The number of thioether (sulfide) groups is 1. The molecular weight excluding hydrogens is 570 g/mol. The van der Waals surface area contributed by atoms with E-state index < -0.39 is 0 Å². The molecular formula is C35H43N5O3S. The zero-order valence-corrected chi connectivity index (χ0v) is 26.9. The number of benzene rings is 2. The second-order valence-electron chi connectivity index (χ2n) is 11.5. The highest BCUT2D eigenvalue weighted by Crippen LogP contribution is 2.28. The van der Waals surface area contributed by atoms with Gasteiger partial charge in [0.2, 0.25) is 0 Å². The average Bonchev–Trinajstić information content (AvgIpc) is 3.06. The predicted octanol–water partition coefficient (Wildman–Crippen LogP) is 5.64. The molecule has 2 fully saturated rings. The van der Waals surface area contributed by atoms with Crippen LogP contribution in [-0.4, -0.2) is 84.1 Å². The van der Waals surface area contributed by atoms with Crippen LogP contribution in [0.1, 0.15) is 52.5 Å². The smallest absolute Gasteiger partial charge is 0.310 e. The number of anilines is 1. The summed E-state index contributed by atoms with van der Waals surface area (Å²) >= 11 is 1.60. The van der Waals surface area contributed by atoms with Crippen molar-refractivity contribution in [3.05, 3.63) is 88.6 Å². The summed E-state index contributed by atoms with van der Waals surface area (Å²) in [6.45, 7) is 12.2. The van der Waals surface area contributed by atoms with Gasteiger partial charge in [0.25, 0.3) is 5.91 Å². The number of aryl methyl sites for hydroxylation is 1. The Balaban J connectivity index is 1.17. The zero-order chi connectivity index (χ0) is 30.9. The molecule has 2 aromatic carbocycles. The van der Waals surface area contributed by atoms with Crippen molar-refractivity contribution in [1.29, 1.82) is 0 Å². The van der Waals surface area contributed by atoms with E-state index in [-0.39, 0.29) is 17.8 Å². The number of hydrogen-bond donors (Lipinski definition) is 0. The van der Waals surface area contributed by atoms with Crippen LogP contribution in [0.3, 0.4) is 0 Å². The second-order valence-corrected chi connectivity index (χ2v) is 12.4. The van der Waals surface area contributed by atoms with E-state index in [0.29, 0.717) is 31.0 Å². The Morgan fingerprint density at radius 3 is 2.57 bits per heavy atom. The highest BCUT2D eigenvalue weighted by molar-refractivity contribution is 7.98. The number of piperidine rings is 1. The summed E-state index contributed by atoms with van der Waals surface area (Å²) in [6.07, 6.45) is 6.00.